The predicted octanol–water partition coefficient (Wildman–Crippen LogP) is 0.325. The molecule has 3 heteroatoms. The normalized spacial score (nSPS) is 8.90. The summed E-state index contributed by atoms with van der Waals surface area (Å²) < 4.78 is 4.87. The van der Waals surface area contributed by atoms with E-state index >= 15 is 0 Å². The number of likely N-dealkylation sites (N-methyl/N-ethyl adjacent to an activating group) is 1. The first-order valence-corrected chi connectivity index (χ1v) is 3.26. The first-order chi connectivity index (χ1) is 4.81. The number of amides is 1. The Bertz CT molecular complexity index is 112. The summed E-state index contributed by atoms with van der Waals surface area (Å²) in [4.78, 5) is 10.6. The standard InChI is InChI=1S/C7H13NO2/c1-3-5-10-6-7(9)8-4-2/h3H,1,4-6H2,2H3,(H,8,9). The quantitative estimate of drug-likeness (QED) is 0.445. The molecule has 3 nitrogen and oxygen atoms in total. The largest absolute Gasteiger partial charge is 0.368 e. The minimum Gasteiger partial charge on any atom is -0.368 e. The van der Waals surface area contributed by atoms with Crippen LogP contribution in [0.4, 0.5) is 0 Å². The maximum Gasteiger partial charge on any atom is 0.246 e. The average molecular weight is 143 g/mol. The van der Waals surface area contributed by atoms with Gasteiger partial charge in [-0.1, -0.05) is 6.08 Å². The molecule has 0 bridgehead atoms. The lowest BCUT2D eigenvalue weighted by atomic mass is 10.6. The summed E-state index contributed by atoms with van der Waals surface area (Å²) in [5.74, 6) is -0.0793. The van der Waals surface area contributed by atoms with Crippen LogP contribution in [0.1, 0.15) is 6.92 Å². The molecule has 0 rings (SSSR count). The van der Waals surface area contributed by atoms with Crippen molar-refractivity contribution in [1.82, 2.24) is 5.32 Å². The van der Waals surface area contributed by atoms with Gasteiger partial charge in [-0.15, -0.1) is 6.58 Å². The molecule has 0 atom stereocenters. The third-order valence-corrected chi connectivity index (χ3v) is 0.843. The van der Waals surface area contributed by atoms with E-state index in [0.717, 1.165) is 0 Å². The Balaban J connectivity index is 3.13. The van der Waals surface area contributed by atoms with Crippen molar-refractivity contribution in [2.45, 2.75) is 6.92 Å². The lowest BCUT2D eigenvalue weighted by molar-refractivity contribution is -0.125. The van der Waals surface area contributed by atoms with Gasteiger partial charge in [-0.2, -0.15) is 0 Å². The van der Waals surface area contributed by atoms with Crippen LogP contribution in [0.25, 0.3) is 0 Å². The van der Waals surface area contributed by atoms with E-state index in [4.69, 9.17) is 4.74 Å². The molecule has 0 spiro atoms. The zero-order valence-corrected chi connectivity index (χ0v) is 6.22. The molecule has 10 heavy (non-hydrogen) atoms. The first-order valence-electron chi connectivity index (χ1n) is 3.26. The highest BCUT2D eigenvalue weighted by Gasteiger charge is 1.95. The molecule has 0 saturated carbocycles. The Morgan fingerprint density at radius 3 is 3.00 bits per heavy atom. The van der Waals surface area contributed by atoms with Gasteiger partial charge >= 0.3 is 0 Å². The van der Waals surface area contributed by atoms with E-state index in [-0.39, 0.29) is 12.5 Å². The van der Waals surface area contributed by atoms with Crippen molar-refractivity contribution < 1.29 is 9.53 Å². The second-order valence-electron chi connectivity index (χ2n) is 1.76. The Morgan fingerprint density at radius 2 is 2.50 bits per heavy atom. The van der Waals surface area contributed by atoms with Crippen LogP contribution in [-0.4, -0.2) is 25.7 Å². The van der Waals surface area contributed by atoms with Gasteiger partial charge in [0.1, 0.15) is 6.61 Å². The van der Waals surface area contributed by atoms with Crippen molar-refractivity contribution in [1.29, 1.82) is 0 Å². The molecule has 0 aliphatic rings. The fraction of sp³-hybridized carbons (Fsp3) is 0.571. The third-order valence-electron chi connectivity index (χ3n) is 0.843. The van der Waals surface area contributed by atoms with E-state index in [2.05, 4.69) is 11.9 Å². The lowest BCUT2D eigenvalue weighted by Crippen LogP contribution is -2.27. The SMILES string of the molecule is C=CCOCC(=O)NCC. The summed E-state index contributed by atoms with van der Waals surface area (Å²) in [6.07, 6.45) is 1.61. The lowest BCUT2D eigenvalue weighted by Gasteiger charge is -2.00. The van der Waals surface area contributed by atoms with E-state index in [1.165, 1.54) is 0 Å². The Hall–Kier alpha value is -0.830. The van der Waals surface area contributed by atoms with E-state index in [0.29, 0.717) is 13.2 Å². The average Bonchev–Trinajstić information content (AvgIpc) is 1.89. The Kier molecular flexibility index (Phi) is 5.77. The number of nitrogens with one attached hydrogen (secondary N) is 1. The summed E-state index contributed by atoms with van der Waals surface area (Å²) in [6, 6.07) is 0. The Morgan fingerprint density at radius 1 is 1.80 bits per heavy atom. The van der Waals surface area contributed by atoms with Crippen LogP contribution < -0.4 is 5.32 Å². The van der Waals surface area contributed by atoms with E-state index in [9.17, 15) is 4.79 Å². The number of carbonyl (C=O) groups is 1. The molecule has 0 aromatic carbocycles. The molecule has 0 saturated heterocycles. The highest BCUT2D eigenvalue weighted by atomic mass is 16.5. The molecule has 0 aromatic heterocycles. The summed E-state index contributed by atoms with van der Waals surface area (Å²) in [6.45, 7) is 6.51. The molecule has 0 aromatic rings. The number of carbonyl (C=O) groups excluding carboxylic acids is 1. The smallest absolute Gasteiger partial charge is 0.246 e. The first kappa shape index (κ1) is 9.17. The van der Waals surface area contributed by atoms with Gasteiger partial charge in [0, 0.05) is 6.54 Å². The van der Waals surface area contributed by atoms with Gasteiger partial charge in [0.15, 0.2) is 0 Å². The van der Waals surface area contributed by atoms with Crippen LogP contribution in [-0.2, 0) is 9.53 Å². The molecule has 0 heterocycles. The van der Waals surface area contributed by atoms with Crippen LogP contribution in [0.15, 0.2) is 12.7 Å². The molecule has 1 amide bonds. The zero-order chi connectivity index (χ0) is 7.82. The van der Waals surface area contributed by atoms with Crippen molar-refractivity contribution in [3.8, 4) is 0 Å². The number of hydrogen-bond donors (Lipinski definition) is 1. The van der Waals surface area contributed by atoms with Crippen molar-refractivity contribution in [3.05, 3.63) is 12.7 Å². The minimum atomic E-state index is -0.0793. The molecule has 0 aliphatic heterocycles. The van der Waals surface area contributed by atoms with Crippen LogP contribution >= 0.6 is 0 Å². The summed E-state index contributed by atoms with van der Waals surface area (Å²) in [5.41, 5.74) is 0. The molecule has 0 unspecified atom stereocenters. The number of ether oxygens (including phenoxy) is 1. The summed E-state index contributed by atoms with van der Waals surface area (Å²) >= 11 is 0. The van der Waals surface area contributed by atoms with Gasteiger partial charge in [-0.05, 0) is 6.92 Å². The van der Waals surface area contributed by atoms with Gasteiger partial charge in [-0.25, -0.2) is 0 Å². The molecular formula is C7H13NO2. The maximum absolute atomic E-state index is 10.6. The highest BCUT2D eigenvalue weighted by Crippen LogP contribution is 1.74. The van der Waals surface area contributed by atoms with Gasteiger partial charge < -0.3 is 10.1 Å². The maximum atomic E-state index is 10.6. The second kappa shape index (κ2) is 6.29. The van der Waals surface area contributed by atoms with Crippen molar-refractivity contribution in [2.75, 3.05) is 19.8 Å². The van der Waals surface area contributed by atoms with Crippen LogP contribution in [0.5, 0.6) is 0 Å². The summed E-state index contributed by atoms with van der Waals surface area (Å²) in [7, 11) is 0. The molecule has 0 fully saturated rings. The van der Waals surface area contributed by atoms with Crippen LogP contribution in [0.3, 0.4) is 0 Å². The number of hydrogen-bond acceptors (Lipinski definition) is 2. The van der Waals surface area contributed by atoms with Gasteiger partial charge in [0.2, 0.25) is 5.91 Å². The minimum absolute atomic E-state index is 0.0793. The van der Waals surface area contributed by atoms with Crippen molar-refractivity contribution in [2.24, 2.45) is 0 Å². The number of rotatable bonds is 5. The monoisotopic (exact) mass is 143 g/mol. The highest BCUT2D eigenvalue weighted by molar-refractivity contribution is 5.77. The van der Waals surface area contributed by atoms with Crippen molar-refractivity contribution >= 4 is 5.91 Å². The fourth-order valence-corrected chi connectivity index (χ4v) is 0.483. The predicted molar refractivity (Wildman–Crippen MR) is 39.7 cm³/mol. The van der Waals surface area contributed by atoms with Crippen LogP contribution in [0, 0.1) is 0 Å². The van der Waals surface area contributed by atoms with Gasteiger partial charge in [0.25, 0.3) is 0 Å². The third kappa shape index (κ3) is 5.31. The van der Waals surface area contributed by atoms with Crippen LogP contribution in [0.2, 0.25) is 0 Å². The van der Waals surface area contributed by atoms with Gasteiger partial charge in [0.05, 0.1) is 6.61 Å². The molecule has 1 N–H and O–H groups in total. The molecule has 0 radical (unpaired) electrons. The zero-order valence-electron chi connectivity index (χ0n) is 6.22. The molecular weight excluding hydrogens is 130 g/mol. The van der Waals surface area contributed by atoms with Gasteiger partial charge in [-0.3, -0.25) is 4.79 Å². The van der Waals surface area contributed by atoms with E-state index in [1.807, 2.05) is 6.92 Å². The fourth-order valence-electron chi connectivity index (χ4n) is 0.483. The van der Waals surface area contributed by atoms with E-state index < -0.39 is 0 Å². The van der Waals surface area contributed by atoms with Crippen molar-refractivity contribution in [3.63, 3.8) is 0 Å². The summed E-state index contributed by atoms with van der Waals surface area (Å²) in [5, 5.41) is 2.61. The topological polar surface area (TPSA) is 38.3 Å². The molecule has 0 aliphatic carbocycles. The second-order valence-corrected chi connectivity index (χ2v) is 1.76. The Labute approximate surface area is 61.1 Å². The molecule has 58 valence electrons. The van der Waals surface area contributed by atoms with E-state index in [1.54, 1.807) is 6.08 Å².